The molecule has 1 heterocycles. The maximum atomic E-state index is 5.71. The van der Waals surface area contributed by atoms with Gasteiger partial charge in [0.15, 0.2) is 0 Å². The molecule has 3 heteroatoms. The van der Waals surface area contributed by atoms with Gasteiger partial charge in [-0.15, -0.1) is 0 Å². The third-order valence-corrected chi connectivity index (χ3v) is 3.52. The number of rotatable bonds is 5. The van der Waals surface area contributed by atoms with E-state index < -0.39 is 0 Å². The van der Waals surface area contributed by atoms with Crippen LogP contribution < -0.4 is 5.73 Å². The predicted octanol–water partition coefficient (Wildman–Crippen LogP) is 1.33. The second kappa shape index (κ2) is 6.46. The van der Waals surface area contributed by atoms with Crippen LogP contribution in [0.2, 0.25) is 0 Å². The van der Waals surface area contributed by atoms with Crippen LogP contribution in [-0.2, 0) is 4.74 Å². The molecule has 0 aromatic heterocycles. The molecule has 1 aliphatic heterocycles. The summed E-state index contributed by atoms with van der Waals surface area (Å²) < 4.78 is 5.42. The largest absolute Gasteiger partial charge is 0.381 e. The molecule has 1 saturated heterocycles. The maximum absolute atomic E-state index is 5.71. The molecular weight excluding hydrogens is 188 g/mol. The normalized spacial score (nSPS) is 23.0. The van der Waals surface area contributed by atoms with Gasteiger partial charge in [0.2, 0.25) is 0 Å². The van der Waals surface area contributed by atoms with Crippen LogP contribution in [0, 0.1) is 11.8 Å². The van der Waals surface area contributed by atoms with E-state index in [0.29, 0.717) is 12.0 Å². The zero-order valence-corrected chi connectivity index (χ0v) is 10.4. The summed E-state index contributed by atoms with van der Waals surface area (Å²) in [5, 5.41) is 0. The number of ether oxygens (including phenoxy) is 1. The van der Waals surface area contributed by atoms with Gasteiger partial charge >= 0.3 is 0 Å². The van der Waals surface area contributed by atoms with Crippen molar-refractivity contribution in [1.82, 2.24) is 4.90 Å². The van der Waals surface area contributed by atoms with Gasteiger partial charge in [0.05, 0.1) is 0 Å². The highest BCUT2D eigenvalue weighted by Crippen LogP contribution is 2.25. The monoisotopic (exact) mass is 214 g/mol. The van der Waals surface area contributed by atoms with Gasteiger partial charge in [0.1, 0.15) is 0 Å². The number of nitrogens with zero attached hydrogens (tertiary/aromatic N) is 1. The van der Waals surface area contributed by atoms with Crippen molar-refractivity contribution in [1.29, 1.82) is 0 Å². The Morgan fingerprint density at radius 2 is 1.93 bits per heavy atom. The lowest BCUT2D eigenvalue weighted by Crippen LogP contribution is -2.40. The molecule has 0 spiro atoms. The third kappa shape index (κ3) is 4.09. The average molecular weight is 214 g/mol. The molecule has 3 nitrogen and oxygen atoms in total. The van der Waals surface area contributed by atoms with Crippen LogP contribution in [0.1, 0.15) is 26.2 Å². The van der Waals surface area contributed by atoms with Crippen molar-refractivity contribution in [3.8, 4) is 0 Å². The molecule has 0 bridgehead atoms. The zero-order valence-electron chi connectivity index (χ0n) is 10.4. The van der Waals surface area contributed by atoms with Crippen LogP contribution in [0.25, 0.3) is 0 Å². The van der Waals surface area contributed by atoms with Gasteiger partial charge in [0, 0.05) is 19.3 Å². The van der Waals surface area contributed by atoms with Crippen molar-refractivity contribution < 1.29 is 4.74 Å². The van der Waals surface area contributed by atoms with Crippen molar-refractivity contribution in [3.63, 3.8) is 0 Å². The van der Waals surface area contributed by atoms with Gasteiger partial charge in [-0.1, -0.05) is 6.92 Å². The molecule has 0 radical (unpaired) electrons. The Morgan fingerprint density at radius 3 is 2.40 bits per heavy atom. The molecule has 1 aliphatic rings. The lowest BCUT2D eigenvalue weighted by atomic mass is 9.85. The molecule has 90 valence electrons. The SMILES string of the molecule is CC(CN)CC(C1CCOCC1)N(C)C. The molecule has 1 rings (SSSR count). The minimum Gasteiger partial charge on any atom is -0.381 e. The van der Waals surface area contributed by atoms with E-state index in [2.05, 4.69) is 25.9 Å². The fourth-order valence-corrected chi connectivity index (χ4v) is 2.43. The average Bonchev–Trinajstić information content (AvgIpc) is 2.26. The third-order valence-electron chi connectivity index (χ3n) is 3.52. The van der Waals surface area contributed by atoms with Crippen LogP contribution >= 0.6 is 0 Å². The summed E-state index contributed by atoms with van der Waals surface area (Å²) in [6.07, 6.45) is 3.63. The van der Waals surface area contributed by atoms with E-state index in [1.165, 1.54) is 19.3 Å². The van der Waals surface area contributed by atoms with Crippen LogP contribution in [0.3, 0.4) is 0 Å². The molecule has 15 heavy (non-hydrogen) atoms. The van der Waals surface area contributed by atoms with Gasteiger partial charge in [-0.2, -0.15) is 0 Å². The van der Waals surface area contributed by atoms with Gasteiger partial charge in [-0.3, -0.25) is 0 Å². The molecule has 0 aromatic rings. The molecule has 0 aliphatic carbocycles. The van der Waals surface area contributed by atoms with E-state index in [-0.39, 0.29) is 0 Å². The Balaban J connectivity index is 2.48. The molecule has 2 unspecified atom stereocenters. The van der Waals surface area contributed by atoms with E-state index >= 15 is 0 Å². The van der Waals surface area contributed by atoms with Crippen molar-refractivity contribution >= 4 is 0 Å². The molecule has 2 N–H and O–H groups in total. The molecular formula is C12H26N2O. The Morgan fingerprint density at radius 1 is 1.33 bits per heavy atom. The second-order valence-electron chi connectivity index (χ2n) is 5.06. The summed E-state index contributed by atoms with van der Waals surface area (Å²) in [5.41, 5.74) is 5.71. The Labute approximate surface area is 94.0 Å². The van der Waals surface area contributed by atoms with E-state index in [4.69, 9.17) is 10.5 Å². The van der Waals surface area contributed by atoms with Crippen molar-refractivity contribution in [2.45, 2.75) is 32.2 Å². The van der Waals surface area contributed by atoms with Gasteiger partial charge in [-0.25, -0.2) is 0 Å². The minimum absolute atomic E-state index is 0.625. The Bertz CT molecular complexity index is 167. The summed E-state index contributed by atoms with van der Waals surface area (Å²) in [6, 6.07) is 0.674. The van der Waals surface area contributed by atoms with E-state index in [1.54, 1.807) is 0 Å². The number of hydrogen-bond acceptors (Lipinski definition) is 3. The second-order valence-corrected chi connectivity index (χ2v) is 5.06. The molecule has 2 atom stereocenters. The maximum Gasteiger partial charge on any atom is 0.0469 e. The van der Waals surface area contributed by atoms with E-state index in [0.717, 1.165) is 25.7 Å². The van der Waals surface area contributed by atoms with Crippen molar-refractivity contribution in [2.24, 2.45) is 17.6 Å². The standard InChI is InChI=1S/C12H26N2O/c1-10(9-13)8-12(14(2)3)11-4-6-15-7-5-11/h10-12H,4-9,13H2,1-3H3. The van der Waals surface area contributed by atoms with Crippen LogP contribution in [-0.4, -0.2) is 44.8 Å². The summed E-state index contributed by atoms with van der Waals surface area (Å²) in [7, 11) is 4.37. The van der Waals surface area contributed by atoms with E-state index in [9.17, 15) is 0 Å². The highest BCUT2D eigenvalue weighted by Gasteiger charge is 2.26. The first-order valence-electron chi connectivity index (χ1n) is 6.09. The summed E-state index contributed by atoms with van der Waals surface area (Å²) in [5.74, 6) is 1.42. The molecule has 0 saturated carbocycles. The Kier molecular flexibility index (Phi) is 5.58. The van der Waals surface area contributed by atoms with Gasteiger partial charge in [-0.05, 0) is 51.7 Å². The first kappa shape index (κ1) is 12.9. The first-order valence-corrected chi connectivity index (χ1v) is 6.09. The van der Waals surface area contributed by atoms with Crippen LogP contribution in [0.5, 0.6) is 0 Å². The van der Waals surface area contributed by atoms with Crippen molar-refractivity contribution in [2.75, 3.05) is 33.9 Å². The minimum atomic E-state index is 0.625. The van der Waals surface area contributed by atoms with Gasteiger partial charge in [0.25, 0.3) is 0 Å². The number of nitrogens with two attached hydrogens (primary N) is 1. The molecule has 0 amide bonds. The van der Waals surface area contributed by atoms with Crippen LogP contribution in [0.4, 0.5) is 0 Å². The number of hydrogen-bond donors (Lipinski definition) is 1. The lowest BCUT2D eigenvalue weighted by molar-refractivity contribution is 0.0315. The molecule has 0 aromatic carbocycles. The fraction of sp³-hybridized carbons (Fsp3) is 1.00. The lowest BCUT2D eigenvalue weighted by Gasteiger charge is -2.36. The van der Waals surface area contributed by atoms with E-state index in [1.807, 2.05) is 0 Å². The fourth-order valence-electron chi connectivity index (χ4n) is 2.43. The topological polar surface area (TPSA) is 38.5 Å². The van der Waals surface area contributed by atoms with Crippen molar-refractivity contribution in [3.05, 3.63) is 0 Å². The highest BCUT2D eigenvalue weighted by molar-refractivity contribution is 4.80. The highest BCUT2D eigenvalue weighted by atomic mass is 16.5. The van der Waals surface area contributed by atoms with Crippen LogP contribution in [0.15, 0.2) is 0 Å². The quantitative estimate of drug-likeness (QED) is 0.750. The predicted molar refractivity (Wildman–Crippen MR) is 63.9 cm³/mol. The van der Waals surface area contributed by atoms with Gasteiger partial charge < -0.3 is 15.4 Å². The smallest absolute Gasteiger partial charge is 0.0469 e. The Hall–Kier alpha value is -0.120. The molecule has 1 fully saturated rings. The first-order chi connectivity index (χ1) is 7.15. The zero-order chi connectivity index (χ0) is 11.3. The summed E-state index contributed by atoms with van der Waals surface area (Å²) in [4.78, 5) is 2.36. The summed E-state index contributed by atoms with van der Waals surface area (Å²) >= 11 is 0. The summed E-state index contributed by atoms with van der Waals surface area (Å²) in [6.45, 7) is 4.92.